The molecule has 0 fully saturated rings. The molecule has 1 aromatic heterocycles. The molecule has 1 N–H and O–H groups in total. The summed E-state index contributed by atoms with van der Waals surface area (Å²) in [6.07, 6.45) is 5.40. The lowest BCUT2D eigenvalue weighted by Crippen LogP contribution is -2.40. The molecule has 0 amide bonds. The number of hydrogen-bond acceptors (Lipinski definition) is 5. The molecule has 168 valence electrons. The maximum Gasteiger partial charge on any atom is 0.347 e. The molecule has 2 atom stereocenters. The van der Waals surface area contributed by atoms with Crippen molar-refractivity contribution < 1.29 is 14.7 Å². The van der Waals surface area contributed by atoms with Gasteiger partial charge >= 0.3 is 11.4 Å². The number of nitrogens with zero attached hydrogens (tertiary/aromatic N) is 3. The minimum absolute atomic E-state index is 0.0339. The van der Waals surface area contributed by atoms with E-state index in [-0.39, 0.29) is 30.3 Å². The fourth-order valence-electron chi connectivity index (χ4n) is 5.26. The monoisotopic (exact) mass is 445 g/mol. The van der Waals surface area contributed by atoms with E-state index in [0.29, 0.717) is 34.3 Å². The summed E-state index contributed by atoms with van der Waals surface area (Å²) in [4.78, 5) is 51.8. The summed E-state index contributed by atoms with van der Waals surface area (Å²) < 4.78 is 3.76. The first-order chi connectivity index (χ1) is 15.8. The molecule has 8 heteroatoms. The molecule has 2 aliphatic carbocycles. The van der Waals surface area contributed by atoms with Crippen LogP contribution in [0.3, 0.4) is 0 Å². The van der Waals surface area contributed by atoms with Gasteiger partial charge in [-0.3, -0.25) is 9.59 Å². The molecular formula is C25H23N3O5. The lowest BCUT2D eigenvalue weighted by molar-refractivity contribution is -0.116. The number of carbonyl (C=O) groups is 2. The predicted molar refractivity (Wildman–Crippen MR) is 121 cm³/mol. The average Bonchev–Trinajstić information content (AvgIpc) is 3.02. The van der Waals surface area contributed by atoms with Gasteiger partial charge in [0.05, 0.1) is 12.6 Å². The van der Waals surface area contributed by atoms with E-state index in [1.165, 1.54) is 22.5 Å². The minimum Gasteiger partial charge on any atom is -0.507 e. The molecule has 1 aliphatic heterocycles. The van der Waals surface area contributed by atoms with Crippen LogP contribution in [-0.4, -0.2) is 30.6 Å². The fraction of sp³-hybridized carbons (Fsp3) is 0.280. The van der Waals surface area contributed by atoms with Crippen molar-refractivity contribution in [2.24, 2.45) is 7.05 Å². The highest BCUT2D eigenvalue weighted by molar-refractivity contribution is 6.23. The van der Waals surface area contributed by atoms with Crippen LogP contribution in [0.5, 0.6) is 5.75 Å². The second-order valence-corrected chi connectivity index (χ2v) is 8.67. The number of Topliss-reactive ketones (excluding diaryl/α,β-unsaturated/α-hetero) is 1. The van der Waals surface area contributed by atoms with Crippen LogP contribution >= 0.6 is 0 Å². The van der Waals surface area contributed by atoms with Crippen LogP contribution in [0.25, 0.3) is 0 Å². The zero-order valence-electron chi connectivity index (χ0n) is 18.4. The molecular weight excluding hydrogens is 422 g/mol. The summed E-state index contributed by atoms with van der Waals surface area (Å²) >= 11 is 0. The number of benzene rings is 1. The highest BCUT2D eigenvalue weighted by Crippen LogP contribution is 2.51. The third-order valence-electron chi connectivity index (χ3n) is 6.85. The molecule has 0 saturated heterocycles. The van der Waals surface area contributed by atoms with E-state index in [2.05, 4.69) is 6.58 Å². The standard InChI is InChI=1S/C25H23N3O5/c1-4-6-14-7-5-8-16(23(14)31)20-15-9-10-27-24(32)26(3)25(33)28(27)18(15)12-17-19(29)11-13(2)22(30)21(17)20/h4-5,7-9,11,18,20,31H,1,6,10,12H2,2-3H3/t18-,20-/m1/s1. The number of carbonyl (C=O) groups excluding carboxylic acids is 2. The van der Waals surface area contributed by atoms with E-state index in [9.17, 15) is 24.3 Å². The van der Waals surface area contributed by atoms with Gasteiger partial charge in [-0.05, 0) is 30.6 Å². The Balaban J connectivity index is 1.80. The summed E-state index contributed by atoms with van der Waals surface area (Å²) in [6, 6.07) is 4.70. The number of aromatic hydroxyl groups is 1. The number of para-hydroxylation sites is 1. The minimum atomic E-state index is -0.709. The summed E-state index contributed by atoms with van der Waals surface area (Å²) in [7, 11) is 1.42. The zero-order chi connectivity index (χ0) is 23.6. The first-order valence-electron chi connectivity index (χ1n) is 10.8. The predicted octanol–water partition coefficient (Wildman–Crippen LogP) is 1.85. The smallest absolute Gasteiger partial charge is 0.347 e. The highest BCUT2D eigenvalue weighted by Gasteiger charge is 2.45. The Morgan fingerprint density at radius 2 is 1.94 bits per heavy atom. The van der Waals surface area contributed by atoms with Gasteiger partial charge in [0.2, 0.25) is 0 Å². The van der Waals surface area contributed by atoms with Crippen molar-refractivity contribution in [2.45, 2.75) is 38.3 Å². The normalized spacial score (nSPS) is 21.8. The summed E-state index contributed by atoms with van der Waals surface area (Å²) in [6.45, 7) is 5.50. The van der Waals surface area contributed by atoms with Gasteiger partial charge in [-0.1, -0.05) is 30.4 Å². The summed E-state index contributed by atoms with van der Waals surface area (Å²) in [5.41, 5.74) is 1.95. The molecule has 0 radical (unpaired) electrons. The van der Waals surface area contributed by atoms with Crippen LogP contribution in [0.4, 0.5) is 0 Å². The maximum absolute atomic E-state index is 13.3. The quantitative estimate of drug-likeness (QED) is 0.574. The Labute approximate surface area is 189 Å². The number of phenolic OH excluding ortho intramolecular Hbond substituents is 1. The van der Waals surface area contributed by atoms with Crippen LogP contribution < -0.4 is 11.4 Å². The van der Waals surface area contributed by atoms with Gasteiger partial charge in [0.25, 0.3) is 0 Å². The van der Waals surface area contributed by atoms with E-state index in [4.69, 9.17) is 0 Å². The number of allylic oxidation sites excluding steroid dienone is 7. The van der Waals surface area contributed by atoms with Crippen molar-refractivity contribution in [2.75, 3.05) is 0 Å². The molecule has 1 aromatic carbocycles. The van der Waals surface area contributed by atoms with Crippen molar-refractivity contribution in [3.05, 3.63) is 97.4 Å². The van der Waals surface area contributed by atoms with Gasteiger partial charge < -0.3 is 5.11 Å². The van der Waals surface area contributed by atoms with Crippen LogP contribution in [0.1, 0.15) is 36.4 Å². The number of rotatable bonds is 3. The van der Waals surface area contributed by atoms with Crippen molar-refractivity contribution >= 4 is 11.6 Å². The van der Waals surface area contributed by atoms with E-state index in [0.717, 1.165) is 10.1 Å². The molecule has 0 spiro atoms. The van der Waals surface area contributed by atoms with Crippen LogP contribution in [0.15, 0.2) is 74.9 Å². The highest BCUT2D eigenvalue weighted by atomic mass is 16.3. The number of ketones is 2. The molecule has 8 nitrogen and oxygen atoms in total. The molecule has 0 bridgehead atoms. The van der Waals surface area contributed by atoms with Crippen molar-refractivity contribution in [3.63, 3.8) is 0 Å². The summed E-state index contributed by atoms with van der Waals surface area (Å²) in [5.74, 6) is -1.20. The van der Waals surface area contributed by atoms with Gasteiger partial charge in [0, 0.05) is 41.7 Å². The van der Waals surface area contributed by atoms with Gasteiger partial charge in [-0.15, -0.1) is 6.58 Å². The van der Waals surface area contributed by atoms with Gasteiger partial charge in [-0.25, -0.2) is 23.5 Å². The lowest BCUT2D eigenvalue weighted by Gasteiger charge is -2.39. The Hall–Kier alpha value is -3.94. The summed E-state index contributed by atoms with van der Waals surface area (Å²) in [5, 5.41) is 11.1. The van der Waals surface area contributed by atoms with Crippen LogP contribution in [0, 0.1) is 0 Å². The Morgan fingerprint density at radius 1 is 1.18 bits per heavy atom. The topological polar surface area (TPSA) is 103 Å². The Bertz CT molecular complexity index is 1470. The molecule has 2 heterocycles. The van der Waals surface area contributed by atoms with E-state index in [1.807, 2.05) is 6.08 Å². The number of phenols is 1. The van der Waals surface area contributed by atoms with Gasteiger partial charge in [-0.2, -0.15) is 0 Å². The van der Waals surface area contributed by atoms with Crippen LogP contribution in [0.2, 0.25) is 0 Å². The number of hydrogen-bond donors (Lipinski definition) is 1. The van der Waals surface area contributed by atoms with Crippen LogP contribution in [-0.2, 0) is 29.6 Å². The maximum atomic E-state index is 13.3. The van der Waals surface area contributed by atoms with Gasteiger partial charge in [0.1, 0.15) is 5.75 Å². The molecule has 3 aliphatic rings. The second-order valence-electron chi connectivity index (χ2n) is 8.67. The third kappa shape index (κ3) is 2.83. The molecule has 5 rings (SSSR count). The van der Waals surface area contributed by atoms with E-state index in [1.54, 1.807) is 31.2 Å². The third-order valence-corrected chi connectivity index (χ3v) is 6.85. The van der Waals surface area contributed by atoms with Crippen molar-refractivity contribution in [1.29, 1.82) is 0 Å². The lowest BCUT2D eigenvalue weighted by atomic mass is 9.67. The average molecular weight is 445 g/mol. The molecule has 0 saturated carbocycles. The van der Waals surface area contributed by atoms with E-state index < -0.39 is 23.3 Å². The molecule has 0 unspecified atom stereocenters. The van der Waals surface area contributed by atoms with E-state index >= 15 is 0 Å². The Kier molecular flexibility index (Phi) is 4.63. The second kappa shape index (κ2) is 7.30. The molecule has 33 heavy (non-hydrogen) atoms. The zero-order valence-corrected chi connectivity index (χ0v) is 18.4. The fourth-order valence-corrected chi connectivity index (χ4v) is 5.26. The number of aromatic nitrogens is 3. The van der Waals surface area contributed by atoms with Gasteiger partial charge in [0.15, 0.2) is 11.6 Å². The van der Waals surface area contributed by atoms with Crippen molar-refractivity contribution in [1.82, 2.24) is 13.9 Å². The first-order valence-corrected chi connectivity index (χ1v) is 10.8. The first kappa shape index (κ1) is 20.9. The van der Waals surface area contributed by atoms with Crippen molar-refractivity contribution in [3.8, 4) is 5.75 Å². The SMILES string of the molecule is C=CCc1cccc([C@H]2C3=CCn4c(=O)n(C)c(=O)n4[C@@H]3CC3=C2C(=O)C(C)=CC3=O)c1O. The Morgan fingerprint density at radius 3 is 2.67 bits per heavy atom. The number of fused-ring (bicyclic) bond motifs is 3. The molecule has 2 aromatic rings. The largest absolute Gasteiger partial charge is 0.507 e.